The van der Waals surface area contributed by atoms with Crippen molar-refractivity contribution < 1.29 is 10.1 Å². The van der Waals surface area contributed by atoms with Crippen LogP contribution in [0, 0.1) is 13.5 Å². The van der Waals surface area contributed by atoms with E-state index in [0.717, 1.165) is 5.01 Å². The maximum Gasteiger partial charge on any atom is 0.271 e. The zero-order valence-corrected chi connectivity index (χ0v) is 7.18. The van der Waals surface area contributed by atoms with E-state index in [1.807, 2.05) is 0 Å². The van der Waals surface area contributed by atoms with Gasteiger partial charge in [-0.3, -0.25) is 4.98 Å². The molecule has 0 aliphatic rings. The Labute approximate surface area is 73.5 Å². The van der Waals surface area contributed by atoms with Crippen LogP contribution in [0.25, 0.3) is 10.6 Å². The normalized spacial score (nSPS) is 9.08. The smallest absolute Gasteiger partial charge is 0.271 e. The Bertz CT molecular complexity index is 351. The van der Waals surface area contributed by atoms with E-state index >= 15 is 0 Å². The summed E-state index contributed by atoms with van der Waals surface area (Å²) in [5.41, 5.74) is 0.315. The maximum atomic E-state index is 8.28. The van der Waals surface area contributed by atoms with E-state index < -0.39 is 0 Å². The van der Waals surface area contributed by atoms with E-state index in [0.29, 0.717) is 10.7 Å². The minimum atomic E-state index is 0.00495. The van der Waals surface area contributed by atoms with Crippen molar-refractivity contribution in [1.29, 1.82) is 0 Å². The van der Waals surface area contributed by atoms with Crippen LogP contribution in [0.15, 0.2) is 6.58 Å². The van der Waals surface area contributed by atoms with Gasteiger partial charge >= 0.3 is 0 Å². The van der Waals surface area contributed by atoms with Crippen LogP contribution in [0.3, 0.4) is 0 Å². The molecule has 0 bridgehead atoms. The fourth-order valence-electron chi connectivity index (χ4n) is 0.717. The molecule has 0 fully saturated rings. The summed E-state index contributed by atoms with van der Waals surface area (Å²) in [6.45, 7) is 11.9. The summed E-state index contributed by atoms with van der Waals surface area (Å²) in [6, 6.07) is 0. The number of hydrogen-bond acceptors (Lipinski definition) is 4. The van der Waals surface area contributed by atoms with Crippen LogP contribution in [-0.4, -0.2) is 10.2 Å². The van der Waals surface area contributed by atoms with Crippen LogP contribution in [0.4, 0.5) is 5.00 Å². The Morgan fingerprint density at radius 2 is 2.50 bits per heavy atom. The predicted molar refractivity (Wildman–Crippen MR) is 45.9 cm³/mol. The van der Waals surface area contributed by atoms with Gasteiger partial charge in [0.25, 0.3) is 5.00 Å². The van der Waals surface area contributed by atoms with Gasteiger partial charge in [0.15, 0.2) is 5.76 Å². The highest BCUT2D eigenvalue weighted by Gasteiger charge is 2.12. The molecule has 0 saturated heterocycles. The fourth-order valence-corrected chi connectivity index (χ4v) is 1.44. The first kappa shape index (κ1) is 8.71. The van der Waals surface area contributed by atoms with E-state index in [2.05, 4.69) is 21.3 Å². The Kier molecular flexibility index (Phi) is 2.43. The van der Waals surface area contributed by atoms with Gasteiger partial charge in [-0.25, -0.2) is 10.1 Å². The second-order valence-electron chi connectivity index (χ2n) is 2.01. The number of rotatable bonds is 2. The molecule has 5 heteroatoms. The molecule has 12 heavy (non-hydrogen) atoms. The molecule has 1 N–H and O–H groups in total. The zero-order valence-electron chi connectivity index (χ0n) is 6.37. The van der Waals surface area contributed by atoms with Gasteiger partial charge in [-0.2, -0.15) is 0 Å². The Morgan fingerprint density at radius 1 is 1.83 bits per heavy atom. The second kappa shape index (κ2) is 3.34. The molecule has 1 rings (SSSR count). The molecule has 0 aromatic carbocycles. The Morgan fingerprint density at radius 3 is 3.00 bits per heavy atom. The first-order valence-corrected chi connectivity index (χ1v) is 3.86. The minimum absolute atomic E-state index is 0.00495. The van der Waals surface area contributed by atoms with Crippen LogP contribution < -0.4 is 0 Å². The van der Waals surface area contributed by atoms with E-state index in [4.69, 9.17) is 11.8 Å². The summed E-state index contributed by atoms with van der Waals surface area (Å²) in [7, 11) is 0. The number of aromatic nitrogens is 1. The summed E-state index contributed by atoms with van der Waals surface area (Å²) < 4.78 is 0. The summed E-state index contributed by atoms with van der Waals surface area (Å²) in [5.74, 6) is 0.00495. The number of aryl methyl sites for hydroxylation is 1. The van der Waals surface area contributed by atoms with Crippen molar-refractivity contribution in [2.45, 2.75) is 6.92 Å². The fraction of sp³-hybridized carbons (Fsp3) is 0.143. The Hall–Kier alpha value is -1.38. The van der Waals surface area contributed by atoms with Crippen molar-refractivity contribution >= 4 is 22.1 Å². The molecule has 0 unspecified atom stereocenters. The third kappa shape index (κ3) is 1.44. The highest BCUT2D eigenvalue weighted by atomic mass is 32.1. The van der Waals surface area contributed by atoms with Gasteiger partial charge in [0.2, 0.25) is 0 Å². The van der Waals surface area contributed by atoms with Gasteiger partial charge in [-0.15, -0.1) is 11.3 Å². The molecule has 0 saturated carbocycles. The lowest BCUT2D eigenvalue weighted by Crippen LogP contribution is -1.85. The standard InChI is InChI=1S/C7H6N2O2S/c1-4(11-10)6-7(8-3)12-5(2)9-6/h10H,1H2,2H3. The third-order valence-electron chi connectivity index (χ3n) is 1.19. The van der Waals surface area contributed by atoms with Gasteiger partial charge in [0, 0.05) is 0 Å². The molecule has 0 atom stereocenters. The van der Waals surface area contributed by atoms with E-state index in [9.17, 15) is 0 Å². The third-order valence-corrected chi connectivity index (χ3v) is 2.06. The molecule has 0 spiro atoms. The molecule has 0 aliphatic carbocycles. The highest BCUT2D eigenvalue weighted by molar-refractivity contribution is 7.16. The van der Waals surface area contributed by atoms with Gasteiger partial charge in [-0.1, -0.05) is 6.58 Å². The van der Waals surface area contributed by atoms with Gasteiger partial charge in [0.1, 0.15) is 5.69 Å². The van der Waals surface area contributed by atoms with Crippen molar-refractivity contribution in [3.8, 4) is 0 Å². The molecule has 0 radical (unpaired) electrons. The van der Waals surface area contributed by atoms with Crippen LogP contribution >= 0.6 is 11.3 Å². The largest absolute Gasteiger partial charge is 0.340 e. The predicted octanol–water partition coefficient (Wildman–Crippen LogP) is 2.46. The topological polar surface area (TPSA) is 46.7 Å². The van der Waals surface area contributed by atoms with Crippen molar-refractivity contribution in [3.63, 3.8) is 0 Å². The van der Waals surface area contributed by atoms with Crippen molar-refractivity contribution in [3.05, 3.63) is 28.7 Å². The Balaban J connectivity index is 3.15. The zero-order chi connectivity index (χ0) is 9.14. The quantitative estimate of drug-likeness (QED) is 0.331. The molecule has 62 valence electrons. The molecular weight excluding hydrogens is 176 g/mol. The summed E-state index contributed by atoms with van der Waals surface area (Å²) in [5, 5.41) is 9.41. The van der Waals surface area contributed by atoms with Gasteiger partial charge in [-0.05, 0) is 6.92 Å². The monoisotopic (exact) mass is 182 g/mol. The van der Waals surface area contributed by atoms with E-state index in [-0.39, 0.29) is 5.76 Å². The average molecular weight is 182 g/mol. The van der Waals surface area contributed by atoms with Crippen molar-refractivity contribution in [2.24, 2.45) is 0 Å². The molecule has 0 amide bonds. The number of thiazole rings is 1. The lowest BCUT2D eigenvalue weighted by atomic mass is 10.4. The first-order chi connectivity index (χ1) is 5.69. The van der Waals surface area contributed by atoms with Crippen LogP contribution in [-0.2, 0) is 4.89 Å². The van der Waals surface area contributed by atoms with Gasteiger partial charge in [0.05, 0.1) is 11.6 Å². The molecular formula is C7H6N2O2S. The molecule has 1 aromatic heterocycles. The number of hydrogen-bond donors (Lipinski definition) is 1. The number of nitrogens with zero attached hydrogens (tertiary/aromatic N) is 2. The van der Waals surface area contributed by atoms with Crippen LogP contribution in [0.1, 0.15) is 10.7 Å². The van der Waals surface area contributed by atoms with Crippen LogP contribution in [0.5, 0.6) is 0 Å². The molecule has 1 heterocycles. The lowest BCUT2D eigenvalue weighted by molar-refractivity contribution is -0.170. The summed E-state index contributed by atoms with van der Waals surface area (Å²) >= 11 is 1.24. The SMILES string of the molecule is [C-]#[N+]c1sc(C)nc1C(=C)OO. The summed E-state index contributed by atoms with van der Waals surface area (Å²) in [4.78, 5) is 11.1. The van der Waals surface area contributed by atoms with Gasteiger partial charge < -0.3 is 4.89 Å². The molecule has 4 nitrogen and oxygen atoms in total. The molecule has 0 aliphatic heterocycles. The first-order valence-electron chi connectivity index (χ1n) is 3.04. The average Bonchev–Trinajstić information content (AvgIpc) is 2.45. The van der Waals surface area contributed by atoms with Crippen molar-refractivity contribution in [2.75, 3.05) is 0 Å². The van der Waals surface area contributed by atoms with E-state index in [1.54, 1.807) is 6.92 Å². The minimum Gasteiger partial charge on any atom is -0.340 e. The van der Waals surface area contributed by atoms with E-state index in [1.165, 1.54) is 11.3 Å². The second-order valence-corrected chi connectivity index (χ2v) is 3.19. The summed E-state index contributed by atoms with van der Waals surface area (Å²) in [6.07, 6.45) is 0. The highest BCUT2D eigenvalue weighted by Crippen LogP contribution is 2.31. The van der Waals surface area contributed by atoms with Crippen LogP contribution in [0.2, 0.25) is 0 Å². The molecule has 1 aromatic rings. The van der Waals surface area contributed by atoms with Crippen molar-refractivity contribution in [1.82, 2.24) is 4.98 Å². The lowest BCUT2D eigenvalue weighted by Gasteiger charge is -1.95. The maximum absolute atomic E-state index is 8.28.